The second-order valence-corrected chi connectivity index (χ2v) is 5.26. The van der Waals surface area contributed by atoms with E-state index in [9.17, 15) is 9.18 Å². The van der Waals surface area contributed by atoms with Crippen molar-refractivity contribution in [1.82, 2.24) is 9.78 Å². The molecule has 0 radical (unpaired) electrons. The summed E-state index contributed by atoms with van der Waals surface area (Å²) in [5, 5.41) is 7.20. The molecule has 5 heteroatoms. The van der Waals surface area contributed by atoms with Crippen LogP contribution in [0.3, 0.4) is 0 Å². The normalized spacial score (nSPS) is 10.5. The average Bonchev–Trinajstić information content (AvgIpc) is 2.90. The molecule has 4 nitrogen and oxygen atoms in total. The highest BCUT2D eigenvalue weighted by atomic mass is 19.1. The van der Waals surface area contributed by atoms with Crippen molar-refractivity contribution >= 4 is 11.7 Å². The van der Waals surface area contributed by atoms with E-state index in [1.54, 1.807) is 29.9 Å². The fourth-order valence-corrected chi connectivity index (χ4v) is 2.31. The fourth-order valence-electron chi connectivity index (χ4n) is 2.31. The molecule has 0 saturated carbocycles. The number of carbonyl (C=O) groups excluding carboxylic acids is 1. The van der Waals surface area contributed by atoms with Gasteiger partial charge in [0.2, 0.25) is 5.91 Å². The third kappa shape index (κ3) is 3.63. The number of aryl methyl sites for hydroxylation is 1. The van der Waals surface area contributed by atoms with E-state index < -0.39 is 0 Å². The monoisotopic (exact) mass is 309 g/mol. The molecular formula is C18H16FN3O. The van der Waals surface area contributed by atoms with E-state index in [1.165, 1.54) is 12.1 Å². The van der Waals surface area contributed by atoms with Crippen LogP contribution in [0.5, 0.6) is 0 Å². The standard InChI is InChI=1S/C18H16FN3O/c1-22-17(20-18(23)11-13-5-3-2-4-6-13)12-16(21-22)14-7-9-15(19)10-8-14/h2-10,12H,11H2,1H3,(H,20,23). The maximum Gasteiger partial charge on any atom is 0.229 e. The molecule has 2 aromatic carbocycles. The molecule has 23 heavy (non-hydrogen) atoms. The molecule has 0 aliphatic heterocycles. The van der Waals surface area contributed by atoms with Gasteiger partial charge in [0.1, 0.15) is 11.6 Å². The van der Waals surface area contributed by atoms with Crippen LogP contribution in [0.15, 0.2) is 60.7 Å². The van der Waals surface area contributed by atoms with Crippen LogP contribution in [-0.2, 0) is 18.3 Å². The van der Waals surface area contributed by atoms with Crippen molar-refractivity contribution in [3.05, 3.63) is 72.0 Å². The van der Waals surface area contributed by atoms with E-state index in [0.29, 0.717) is 17.9 Å². The zero-order chi connectivity index (χ0) is 16.2. The van der Waals surface area contributed by atoms with Gasteiger partial charge in [0.05, 0.1) is 12.1 Å². The van der Waals surface area contributed by atoms with Crippen molar-refractivity contribution in [2.75, 3.05) is 5.32 Å². The number of rotatable bonds is 4. The van der Waals surface area contributed by atoms with Crippen LogP contribution in [0.4, 0.5) is 10.2 Å². The zero-order valence-corrected chi connectivity index (χ0v) is 12.7. The molecule has 1 N–H and O–H groups in total. The third-order valence-electron chi connectivity index (χ3n) is 3.49. The smallest absolute Gasteiger partial charge is 0.229 e. The van der Waals surface area contributed by atoms with Gasteiger partial charge in [0, 0.05) is 18.7 Å². The van der Waals surface area contributed by atoms with Crippen molar-refractivity contribution in [3.8, 4) is 11.3 Å². The Hall–Kier alpha value is -2.95. The van der Waals surface area contributed by atoms with Crippen molar-refractivity contribution in [1.29, 1.82) is 0 Å². The molecule has 0 aliphatic rings. The summed E-state index contributed by atoms with van der Waals surface area (Å²) in [5.41, 5.74) is 2.43. The van der Waals surface area contributed by atoms with Gasteiger partial charge in [0.25, 0.3) is 0 Å². The fraction of sp³-hybridized carbons (Fsp3) is 0.111. The Morgan fingerprint density at radius 2 is 1.83 bits per heavy atom. The van der Waals surface area contributed by atoms with Gasteiger partial charge < -0.3 is 5.32 Å². The molecule has 116 valence electrons. The van der Waals surface area contributed by atoms with E-state index >= 15 is 0 Å². The number of anilines is 1. The van der Waals surface area contributed by atoms with Gasteiger partial charge in [-0.05, 0) is 29.8 Å². The van der Waals surface area contributed by atoms with Gasteiger partial charge in [-0.2, -0.15) is 5.10 Å². The van der Waals surface area contributed by atoms with Crippen LogP contribution >= 0.6 is 0 Å². The predicted molar refractivity (Wildman–Crippen MR) is 87.4 cm³/mol. The number of halogens is 1. The Kier molecular flexibility index (Phi) is 4.19. The summed E-state index contributed by atoms with van der Waals surface area (Å²) in [4.78, 5) is 12.1. The van der Waals surface area contributed by atoms with E-state index in [1.807, 2.05) is 30.3 Å². The minimum absolute atomic E-state index is 0.107. The first kappa shape index (κ1) is 15.0. The van der Waals surface area contributed by atoms with Crippen molar-refractivity contribution in [2.45, 2.75) is 6.42 Å². The van der Waals surface area contributed by atoms with E-state index in [2.05, 4.69) is 10.4 Å². The Morgan fingerprint density at radius 1 is 1.13 bits per heavy atom. The molecule has 0 fully saturated rings. The Bertz CT molecular complexity index is 810. The van der Waals surface area contributed by atoms with Crippen molar-refractivity contribution < 1.29 is 9.18 Å². The number of benzene rings is 2. The van der Waals surface area contributed by atoms with Crippen molar-refractivity contribution in [2.24, 2.45) is 7.05 Å². The minimum atomic E-state index is -0.291. The summed E-state index contributed by atoms with van der Waals surface area (Å²) in [5.74, 6) is 0.205. The predicted octanol–water partition coefficient (Wildman–Crippen LogP) is 3.41. The SMILES string of the molecule is Cn1nc(-c2ccc(F)cc2)cc1NC(=O)Cc1ccccc1. The molecule has 0 aliphatic carbocycles. The van der Waals surface area contributed by atoms with Crippen LogP contribution in [0.1, 0.15) is 5.56 Å². The van der Waals surface area contributed by atoms with E-state index in [4.69, 9.17) is 0 Å². The summed E-state index contributed by atoms with van der Waals surface area (Å²) in [6.45, 7) is 0. The van der Waals surface area contributed by atoms with Crippen LogP contribution in [-0.4, -0.2) is 15.7 Å². The minimum Gasteiger partial charge on any atom is -0.311 e. The second-order valence-electron chi connectivity index (χ2n) is 5.26. The number of aromatic nitrogens is 2. The van der Waals surface area contributed by atoms with Gasteiger partial charge in [-0.15, -0.1) is 0 Å². The highest BCUT2D eigenvalue weighted by Gasteiger charge is 2.10. The molecule has 0 saturated heterocycles. The van der Waals surface area contributed by atoms with Gasteiger partial charge in [-0.3, -0.25) is 9.48 Å². The third-order valence-corrected chi connectivity index (χ3v) is 3.49. The van der Waals surface area contributed by atoms with Crippen LogP contribution in [0, 0.1) is 5.82 Å². The number of amides is 1. The van der Waals surface area contributed by atoms with Crippen LogP contribution in [0.2, 0.25) is 0 Å². The van der Waals surface area contributed by atoms with E-state index in [-0.39, 0.29) is 11.7 Å². The van der Waals surface area contributed by atoms with Gasteiger partial charge >= 0.3 is 0 Å². The molecule has 3 rings (SSSR count). The molecule has 0 spiro atoms. The summed E-state index contributed by atoms with van der Waals surface area (Å²) in [6, 6.07) is 17.4. The lowest BCUT2D eigenvalue weighted by Crippen LogP contribution is -2.16. The number of hydrogen-bond acceptors (Lipinski definition) is 2. The van der Waals surface area contributed by atoms with Crippen LogP contribution < -0.4 is 5.32 Å². The zero-order valence-electron chi connectivity index (χ0n) is 12.7. The maximum atomic E-state index is 13.0. The lowest BCUT2D eigenvalue weighted by molar-refractivity contribution is -0.115. The summed E-state index contributed by atoms with van der Waals surface area (Å²) >= 11 is 0. The lowest BCUT2D eigenvalue weighted by atomic mass is 10.1. The second kappa shape index (κ2) is 6.44. The number of nitrogens with one attached hydrogen (secondary N) is 1. The first-order valence-electron chi connectivity index (χ1n) is 7.25. The largest absolute Gasteiger partial charge is 0.311 e. The highest BCUT2D eigenvalue weighted by Crippen LogP contribution is 2.21. The molecule has 0 bridgehead atoms. The lowest BCUT2D eigenvalue weighted by Gasteiger charge is -2.04. The van der Waals surface area contributed by atoms with Crippen LogP contribution in [0.25, 0.3) is 11.3 Å². The summed E-state index contributed by atoms with van der Waals surface area (Å²) in [7, 11) is 1.76. The first-order chi connectivity index (χ1) is 11.1. The molecular weight excluding hydrogens is 293 g/mol. The average molecular weight is 309 g/mol. The van der Waals surface area contributed by atoms with Gasteiger partial charge in [0.15, 0.2) is 0 Å². The maximum absolute atomic E-state index is 13.0. The highest BCUT2D eigenvalue weighted by molar-refractivity contribution is 5.92. The molecule has 1 amide bonds. The summed E-state index contributed by atoms with van der Waals surface area (Å²) in [6.07, 6.45) is 0.303. The Balaban J connectivity index is 1.73. The molecule has 0 unspecified atom stereocenters. The number of hydrogen-bond donors (Lipinski definition) is 1. The summed E-state index contributed by atoms with van der Waals surface area (Å²) < 4.78 is 14.6. The van der Waals surface area contributed by atoms with Gasteiger partial charge in [-0.1, -0.05) is 30.3 Å². The topological polar surface area (TPSA) is 46.9 Å². The molecule has 0 atom stereocenters. The Morgan fingerprint density at radius 3 is 2.52 bits per heavy atom. The van der Waals surface area contributed by atoms with E-state index in [0.717, 1.165) is 11.1 Å². The number of carbonyl (C=O) groups is 1. The first-order valence-corrected chi connectivity index (χ1v) is 7.25. The van der Waals surface area contributed by atoms with Crippen molar-refractivity contribution in [3.63, 3.8) is 0 Å². The molecule has 1 aromatic heterocycles. The van der Waals surface area contributed by atoms with Gasteiger partial charge in [-0.25, -0.2) is 4.39 Å². The Labute approximate surface area is 133 Å². The molecule has 1 heterocycles. The number of nitrogens with zero attached hydrogens (tertiary/aromatic N) is 2. The molecule has 3 aromatic rings. The quantitative estimate of drug-likeness (QED) is 0.803.